The number of hydrogen-bond donors (Lipinski definition) is 1. The van der Waals surface area contributed by atoms with Crippen LogP contribution in [0.2, 0.25) is 0 Å². The van der Waals surface area contributed by atoms with Crippen LogP contribution in [0, 0.1) is 0 Å². The highest BCUT2D eigenvalue weighted by Gasteiger charge is 2.02. The summed E-state index contributed by atoms with van der Waals surface area (Å²) in [6, 6.07) is 18.1. The Balaban J connectivity index is 1.62. The fraction of sp³-hybridized carbons (Fsp3) is 0.316. The molecule has 3 nitrogen and oxygen atoms in total. The first kappa shape index (κ1) is 16.1. The molecule has 0 heterocycles. The van der Waals surface area contributed by atoms with Crippen LogP contribution in [0.4, 0.5) is 0 Å². The predicted molar refractivity (Wildman–Crippen MR) is 89.1 cm³/mol. The average molecular weight is 297 g/mol. The van der Waals surface area contributed by atoms with E-state index in [-0.39, 0.29) is 5.91 Å². The summed E-state index contributed by atoms with van der Waals surface area (Å²) in [4.78, 5) is 11.8. The van der Waals surface area contributed by atoms with Gasteiger partial charge in [-0.2, -0.15) is 0 Å². The summed E-state index contributed by atoms with van der Waals surface area (Å²) >= 11 is 0. The minimum atomic E-state index is 0.0646. The number of nitrogens with one attached hydrogen (secondary N) is 1. The molecule has 0 aliphatic heterocycles. The molecule has 0 radical (unpaired) electrons. The smallest absolute Gasteiger partial charge is 0.220 e. The van der Waals surface area contributed by atoms with Crippen molar-refractivity contribution in [3.63, 3.8) is 0 Å². The zero-order chi connectivity index (χ0) is 15.6. The van der Waals surface area contributed by atoms with Gasteiger partial charge in [-0.25, -0.2) is 0 Å². The van der Waals surface area contributed by atoms with Crippen LogP contribution in [-0.2, 0) is 17.6 Å². The zero-order valence-electron chi connectivity index (χ0n) is 13.0. The molecule has 22 heavy (non-hydrogen) atoms. The molecule has 0 bridgehead atoms. The third kappa shape index (κ3) is 5.60. The van der Waals surface area contributed by atoms with Crippen molar-refractivity contribution in [1.82, 2.24) is 5.32 Å². The molecular formula is C19H23NO2. The molecule has 0 spiro atoms. The van der Waals surface area contributed by atoms with Gasteiger partial charge < -0.3 is 10.1 Å². The third-order valence-corrected chi connectivity index (χ3v) is 3.48. The Morgan fingerprint density at radius 3 is 2.59 bits per heavy atom. The Bertz CT molecular complexity index is 581. The molecule has 2 rings (SSSR count). The van der Waals surface area contributed by atoms with Gasteiger partial charge in [0.2, 0.25) is 5.91 Å². The van der Waals surface area contributed by atoms with Crippen molar-refractivity contribution in [2.75, 3.05) is 13.2 Å². The maximum Gasteiger partial charge on any atom is 0.220 e. The second kappa shape index (κ2) is 8.88. The van der Waals surface area contributed by atoms with Crippen LogP contribution in [-0.4, -0.2) is 19.1 Å². The van der Waals surface area contributed by atoms with Crippen molar-refractivity contribution in [2.45, 2.75) is 26.2 Å². The van der Waals surface area contributed by atoms with Gasteiger partial charge in [0.1, 0.15) is 12.4 Å². The third-order valence-electron chi connectivity index (χ3n) is 3.48. The van der Waals surface area contributed by atoms with E-state index in [1.807, 2.05) is 48.5 Å². The number of benzene rings is 2. The van der Waals surface area contributed by atoms with Crippen LogP contribution in [0.1, 0.15) is 24.5 Å². The average Bonchev–Trinajstić information content (AvgIpc) is 2.58. The molecule has 0 aliphatic carbocycles. The normalized spacial score (nSPS) is 10.2. The van der Waals surface area contributed by atoms with Crippen LogP contribution in [0.5, 0.6) is 5.75 Å². The first-order valence-electron chi connectivity index (χ1n) is 7.80. The fourth-order valence-corrected chi connectivity index (χ4v) is 2.21. The molecule has 1 amide bonds. The number of rotatable bonds is 8. The van der Waals surface area contributed by atoms with E-state index in [1.165, 1.54) is 11.1 Å². The summed E-state index contributed by atoms with van der Waals surface area (Å²) < 4.78 is 5.65. The van der Waals surface area contributed by atoms with Crippen LogP contribution in [0.15, 0.2) is 54.6 Å². The summed E-state index contributed by atoms with van der Waals surface area (Å²) in [5, 5.41) is 2.89. The van der Waals surface area contributed by atoms with Gasteiger partial charge in [0, 0.05) is 6.42 Å². The second-order valence-corrected chi connectivity index (χ2v) is 5.18. The summed E-state index contributed by atoms with van der Waals surface area (Å²) in [5.74, 6) is 0.924. The van der Waals surface area contributed by atoms with E-state index < -0.39 is 0 Å². The molecule has 1 N–H and O–H groups in total. The van der Waals surface area contributed by atoms with Gasteiger partial charge in [0.25, 0.3) is 0 Å². The summed E-state index contributed by atoms with van der Waals surface area (Å²) in [7, 11) is 0. The molecule has 0 saturated heterocycles. The first-order chi connectivity index (χ1) is 10.8. The maximum absolute atomic E-state index is 11.8. The van der Waals surface area contributed by atoms with E-state index in [0.717, 1.165) is 18.6 Å². The van der Waals surface area contributed by atoms with Crippen molar-refractivity contribution in [3.05, 3.63) is 65.7 Å². The molecule has 0 unspecified atom stereocenters. The fourth-order valence-electron chi connectivity index (χ4n) is 2.21. The number of hydrogen-bond acceptors (Lipinski definition) is 2. The largest absolute Gasteiger partial charge is 0.492 e. The van der Waals surface area contributed by atoms with Crippen molar-refractivity contribution in [1.29, 1.82) is 0 Å². The quantitative estimate of drug-likeness (QED) is 0.759. The van der Waals surface area contributed by atoms with E-state index in [2.05, 4.69) is 18.3 Å². The molecule has 0 atom stereocenters. The van der Waals surface area contributed by atoms with E-state index in [4.69, 9.17) is 4.74 Å². The summed E-state index contributed by atoms with van der Waals surface area (Å²) in [6.45, 7) is 3.14. The highest BCUT2D eigenvalue weighted by molar-refractivity contribution is 5.76. The van der Waals surface area contributed by atoms with Crippen molar-refractivity contribution in [3.8, 4) is 5.75 Å². The predicted octanol–water partition coefficient (Wildman–Crippen LogP) is 3.38. The first-order valence-corrected chi connectivity index (χ1v) is 7.80. The SMILES string of the molecule is CCc1cccc(OCCNC(=O)CCc2ccccc2)c1. The lowest BCUT2D eigenvalue weighted by Crippen LogP contribution is -2.28. The lowest BCUT2D eigenvalue weighted by Gasteiger charge is -2.09. The number of amides is 1. The van der Waals surface area contributed by atoms with E-state index >= 15 is 0 Å². The van der Waals surface area contributed by atoms with Crippen molar-refractivity contribution < 1.29 is 9.53 Å². The van der Waals surface area contributed by atoms with Crippen LogP contribution >= 0.6 is 0 Å². The summed E-state index contributed by atoms with van der Waals surface area (Å²) in [5.41, 5.74) is 2.44. The van der Waals surface area contributed by atoms with Gasteiger partial charge in [-0.15, -0.1) is 0 Å². The van der Waals surface area contributed by atoms with Gasteiger partial charge in [-0.05, 0) is 36.1 Å². The summed E-state index contributed by atoms with van der Waals surface area (Å²) in [6.07, 6.45) is 2.27. The van der Waals surface area contributed by atoms with Gasteiger partial charge in [-0.3, -0.25) is 4.79 Å². The van der Waals surface area contributed by atoms with Gasteiger partial charge in [-0.1, -0.05) is 49.4 Å². The highest BCUT2D eigenvalue weighted by atomic mass is 16.5. The number of ether oxygens (including phenoxy) is 1. The van der Waals surface area contributed by atoms with Crippen LogP contribution in [0.25, 0.3) is 0 Å². The van der Waals surface area contributed by atoms with E-state index in [0.29, 0.717) is 19.6 Å². The second-order valence-electron chi connectivity index (χ2n) is 5.18. The lowest BCUT2D eigenvalue weighted by molar-refractivity contribution is -0.121. The van der Waals surface area contributed by atoms with Gasteiger partial charge in [0.15, 0.2) is 0 Å². The molecule has 0 fully saturated rings. The van der Waals surface area contributed by atoms with Crippen LogP contribution < -0.4 is 10.1 Å². The van der Waals surface area contributed by atoms with Gasteiger partial charge >= 0.3 is 0 Å². The topological polar surface area (TPSA) is 38.3 Å². The Morgan fingerprint density at radius 2 is 1.82 bits per heavy atom. The molecule has 0 aliphatic rings. The Labute approximate surface area is 132 Å². The van der Waals surface area contributed by atoms with Crippen molar-refractivity contribution >= 4 is 5.91 Å². The minimum absolute atomic E-state index is 0.0646. The molecule has 2 aromatic carbocycles. The van der Waals surface area contributed by atoms with E-state index in [1.54, 1.807) is 0 Å². The van der Waals surface area contributed by atoms with Crippen LogP contribution in [0.3, 0.4) is 0 Å². The molecule has 116 valence electrons. The molecule has 2 aromatic rings. The monoisotopic (exact) mass is 297 g/mol. The number of aryl methyl sites for hydroxylation is 2. The van der Waals surface area contributed by atoms with Gasteiger partial charge in [0.05, 0.1) is 6.54 Å². The maximum atomic E-state index is 11.8. The number of carbonyl (C=O) groups excluding carboxylic acids is 1. The van der Waals surface area contributed by atoms with Crippen molar-refractivity contribution in [2.24, 2.45) is 0 Å². The zero-order valence-corrected chi connectivity index (χ0v) is 13.0. The Kier molecular flexibility index (Phi) is 6.49. The molecule has 0 aromatic heterocycles. The molecule has 0 saturated carbocycles. The molecular weight excluding hydrogens is 274 g/mol. The number of carbonyl (C=O) groups is 1. The lowest BCUT2D eigenvalue weighted by atomic mass is 10.1. The highest BCUT2D eigenvalue weighted by Crippen LogP contribution is 2.13. The Hall–Kier alpha value is -2.29. The standard InChI is InChI=1S/C19H23NO2/c1-2-16-9-6-10-18(15-16)22-14-13-20-19(21)12-11-17-7-4-3-5-8-17/h3-10,15H,2,11-14H2,1H3,(H,20,21). The minimum Gasteiger partial charge on any atom is -0.492 e. The Morgan fingerprint density at radius 1 is 1.05 bits per heavy atom. The van der Waals surface area contributed by atoms with E-state index in [9.17, 15) is 4.79 Å². The molecule has 3 heteroatoms.